The number of carboxylic acid groups (broad SMARTS) is 1. The fourth-order valence-corrected chi connectivity index (χ4v) is 4.07. The second kappa shape index (κ2) is 11.9. The van der Waals surface area contributed by atoms with E-state index < -0.39 is 59.6 Å². The summed E-state index contributed by atoms with van der Waals surface area (Å²) >= 11 is 0. The Morgan fingerprint density at radius 2 is 1.98 bits per heavy atom. The number of sulfone groups is 1. The van der Waals surface area contributed by atoms with E-state index in [0.29, 0.717) is 23.2 Å². The number of carboxylic acids is 1. The number of ether oxygens (including phenoxy) is 1. The highest BCUT2D eigenvalue weighted by Crippen LogP contribution is 2.37. The molecule has 0 aliphatic heterocycles. The molecule has 0 saturated carbocycles. The molecule has 3 rings (SSSR count). The predicted octanol–water partition coefficient (Wildman–Crippen LogP) is 0.148. The van der Waals surface area contributed by atoms with Crippen molar-refractivity contribution in [2.45, 2.75) is 17.6 Å². The second-order valence-electron chi connectivity index (χ2n) is 8.27. The van der Waals surface area contributed by atoms with Crippen LogP contribution in [0.15, 0.2) is 35.7 Å². The van der Waals surface area contributed by atoms with Gasteiger partial charge in [0.15, 0.2) is 6.04 Å². The standard InChI is InChI=1S/C21H21N7O10S2/c1-27(2)15(29)8-11-6-12(17-22-4-5-23-17)9-13(7-11)38-19-16(28(32)33)18(25-21(26-19)40(3,36)37)24-14(20(30)31)10-39(34)35/h4-7,9-10,14H,8H2,1-3H3,(H,22,23)(H,30,31)(H,24,25,26). The smallest absolute Gasteiger partial charge is 0.373 e. The zero-order valence-electron chi connectivity index (χ0n) is 20.9. The van der Waals surface area contributed by atoms with E-state index in [0.717, 1.165) is 0 Å². The Hall–Kier alpha value is -4.91. The average molecular weight is 596 g/mol. The second-order valence-corrected chi connectivity index (χ2v) is 11.0. The molecule has 3 aromatic rings. The molecule has 1 aromatic carbocycles. The molecule has 0 bridgehead atoms. The van der Waals surface area contributed by atoms with Crippen molar-refractivity contribution in [2.24, 2.45) is 0 Å². The van der Waals surface area contributed by atoms with Crippen LogP contribution in [-0.2, 0) is 36.1 Å². The molecule has 1 unspecified atom stereocenters. The molecule has 0 saturated heterocycles. The van der Waals surface area contributed by atoms with E-state index in [1.807, 2.05) is 5.32 Å². The number of aromatic nitrogens is 4. The van der Waals surface area contributed by atoms with Crippen LogP contribution in [0.4, 0.5) is 11.5 Å². The van der Waals surface area contributed by atoms with Crippen LogP contribution >= 0.6 is 0 Å². The van der Waals surface area contributed by atoms with Crippen LogP contribution in [0.5, 0.6) is 11.6 Å². The number of H-pyrrole nitrogens is 1. The fourth-order valence-electron chi connectivity index (χ4n) is 3.16. The number of aliphatic carboxylic acids is 1. The van der Waals surface area contributed by atoms with E-state index in [1.54, 1.807) is 20.2 Å². The number of aromatic amines is 1. The lowest BCUT2D eigenvalue weighted by Crippen LogP contribution is -2.32. The molecule has 0 radical (unpaired) electrons. The first kappa shape index (κ1) is 29.6. The minimum Gasteiger partial charge on any atom is -0.479 e. The first-order valence-electron chi connectivity index (χ1n) is 10.9. The molecule has 3 N–H and O–H groups in total. The average Bonchev–Trinajstić information content (AvgIpc) is 3.37. The molecule has 1 atom stereocenters. The summed E-state index contributed by atoms with van der Waals surface area (Å²) in [5, 5.41) is 22.7. The van der Waals surface area contributed by atoms with Crippen molar-refractivity contribution in [1.82, 2.24) is 24.8 Å². The van der Waals surface area contributed by atoms with Gasteiger partial charge >= 0.3 is 17.5 Å². The number of hydrogen-bond donors (Lipinski definition) is 3. The molecule has 19 heteroatoms. The summed E-state index contributed by atoms with van der Waals surface area (Å²) in [5.41, 5.74) is -0.279. The monoisotopic (exact) mass is 595 g/mol. The number of hydrogen-bond acceptors (Lipinski definition) is 13. The molecular formula is C21H21N7O10S2. The van der Waals surface area contributed by atoms with Gasteiger partial charge < -0.3 is 25.0 Å². The van der Waals surface area contributed by atoms with E-state index >= 15 is 0 Å². The maximum Gasteiger partial charge on any atom is 0.373 e. The van der Waals surface area contributed by atoms with Crippen molar-refractivity contribution < 1.29 is 41.2 Å². The van der Waals surface area contributed by atoms with Crippen LogP contribution in [0.25, 0.3) is 11.4 Å². The number of carbonyl (C=O) groups excluding carboxylic acids is 1. The zero-order valence-corrected chi connectivity index (χ0v) is 22.6. The van der Waals surface area contributed by atoms with E-state index in [2.05, 4.69) is 19.9 Å². The first-order chi connectivity index (χ1) is 18.6. The van der Waals surface area contributed by atoms with Gasteiger partial charge in [-0.3, -0.25) is 14.9 Å². The summed E-state index contributed by atoms with van der Waals surface area (Å²) in [6.45, 7) is 0. The number of rotatable bonds is 11. The van der Waals surface area contributed by atoms with Crippen molar-refractivity contribution in [1.29, 1.82) is 0 Å². The van der Waals surface area contributed by atoms with Crippen LogP contribution in [0.1, 0.15) is 5.56 Å². The predicted molar refractivity (Wildman–Crippen MR) is 138 cm³/mol. The number of nitrogens with one attached hydrogen (secondary N) is 2. The highest BCUT2D eigenvalue weighted by atomic mass is 32.2. The van der Waals surface area contributed by atoms with Crippen molar-refractivity contribution >= 4 is 48.9 Å². The quantitative estimate of drug-likeness (QED) is 0.116. The number of benzene rings is 1. The zero-order chi connectivity index (χ0) is 29.8. The van der Waals surface area contributed by atoms with Gasteiger partial charge in [-0.1, -0.05) is 0 Å². The highest BCUT2D eigenvalue weighted by molar-refractivity contribution is 7.90. The van der Waals surface area contributed by atoms with Gasteiger partial charge in [-0.05, 0) is 23.8 Å². The van der Waals surface area contributed by atoms with Crippen molar-refractivity contribution in [3.05, 3.63) is 46.3 Å². The summed E-state index contributed by atoms with van der Waals surface area (Å²) in [5.74, 6) is -3.66. The lowest BCUT2D eigenvalue weighted by molar-refractivity contribution is -0.385. The summed E-state index contributed by atoms with van der Waals surface area (Å²) in [6.07, 6.45) is 3.58. The molecular weight excluding hydrogens is 574 g/mol. The van der Waals surface area contributed by atoms with Gasteiger partial charge in [0.25, 0.3) is 5.16 Å². The number of carbonyl (C=O) groups is 2. The Labute approximate surface area is 227 Å². The van der Waals surface area contributed by atoms with Crippen LogP contribution in [0, 0.1) is 10.1 Å². The molecule has 212 valence electrons. The molecule has 2 heterocycles. The number of anilines is 1. The largest absolute Gasteiger partial charge is 0.479 e. The maximum absolute atomic E-state index is 12.3. The highest BCUT2D eigenvalue weighted by Gasteiger charge is 2.32. The molecule has 2 aromatic heterocycles. The third-order valence-electron chi connectivity index (χ3n) is 4.96. The van der Waals surface area contributed by atoms with E-state index in [1.165, 1.54) is 29.4 Å². The summed E-state index contributed by atoms with van der Waals surface area (Å²) in [4.78, 5) is 50.4. The van der Waals surface area contributed by atoms with Gasteiger partial charge in [0.2, 0.25) is 31.9 Å². The lowest BCUT2D eigenvalue weighted by Gasteiger charge is -2.15. The Morgan fingerprint density at radius 3 is 2.50 bits per heavy atom. The first-order valence-corrected chi connectivity index (χ1v) is 13.9. The minimum atomic E-state index is -4.25. The topological polar surface area (TPSA) is 245 Å². The lowest BCUT2D eigenvalue weighted by atomic mass is 10.1. The number of likely N-dealkylation sites (N-methyl/N-ethyl adjacent to an activating group) is 1. The fraction of sp³-hybridized carbons (Fsp3) is 0.238. The van der Waals surface area contributed by atoms with Gasteiger partial charge in [-0.25, -0.2) is 18.2 Å². The van der Waals surface area contributed by atoms with Gasteiger partial charge in [0.05, 0.1) is 16.7 Å². The third kappa shape index (κ3) is 7.35. The third-order valence-corrected chi connectivity index (χ3v) is 6.30. The number of imidazole rings is 1. The normalized spacial score (nSPS) is 11.8. The van der Waals surface area contributed by atoms with E-state index in [9.17, 15) is 41.6 Å². The maximum atomic E-state index is 12.3. The van der Waals surface area contributed by atoms with Crippen molar-refractivity contribution in [3.63, 3.8) is 0 Å². The number of amides is 1. The molecule has 0 spiro atoms. The van der Waals surface area contributed by atoms with Crippen molar-refractivity contribution in [3.8, 4) is 23.0 Å². The number of nitrogens with zero attached hydrogens (tertiary/aromatic N) is 5. The molecule has 0 fully saturated rings. The van der Waals surface area contributed by atoms with Gasteiger partial charge in [0, 0.05) is 38.3 Å². The molecule has 0 aliphatic carbocycles. The Kier molecular flexibility index (Phi) is 8.79. The molecule has 17 nitrogen and oxygen atoms in total. The van der Waals surface area contributed by atoms with Crippen LogP contribution in [-0.4, -0.2) is 95.3 Å². The van der Waals surface area contributed by atoms with Crippen LogP contribution in [0.2, 0.25) is 0 Å². The van der Waals surface area contributed by atoms with E-state index in [-0.39, 0.29) is 23.4 Å². The van der Waals surface area contributed by atoms with Crippen molar-refractivity contribution in [2.75, 3.05) is 25.7 Å². The van der Waals surface area contributed by atoms with Crippen LogP contribution < -0.4 is 10.1 Å². The Balaban J connectivity index is 2.23. The molecule has 40 heavy (non-hydrogen) atoms. The minimum absolute atomic E-state index is 0.104. The summed E-state index contributed by atoms with van der Waals surface area (Å²) in [7, 11) is -4.17. The number of nitro groups is 1. The van der Waals surface area contributed by atoms with E-state index in [4.69, 9.17) is 4.74 Å². The van der Waals surface area contributed by atoms with Gasteiger partial charge in [-0.2, -0.15) is 18.4 Å². The Bertz CT molecular complexity index is 1710. The molecule has 1 amide bonds. The molecule has 0 aliphatic rings. The van der Waals surface area contributed by atoms with Crippen LogP contribution in [0.3, 0.4) is 0 Å². The van der Waals surface area contributed by atoms with Gasteiger partial charge in [0.1, 0.15) is 11.6 Å². The summed E-state index contributed by atoms with van der Waals surface area (Å²) in [6, 6.07) is 2.31. The van der Waals surface area contributed by atoms with Gasteiger partial charge in [-0.15, -0.1) is 0 Å². The Morgan fingerprint density at radius 1 is 1.27 bits per heavy atom. The SMILES string of the molecule is CN(C)C(=O)Cc1cc(Oc2nc(S(C)(=O)=O)nc(NC(C=S(=O)=O)C(=O)O)c2[N+](=O)[O-])cc(-c2ncc[nH]2)c1. The summed E-state index contributed by atoms with van der Waals surface area (Å²) < 4.78 is 52.3.